The highest BCUT2D eigenvalue weighted by Gasteiger charge is 2.48. The number of allylic oxidation sites excluding steroid dienone is 1. The Kier molecular flexibility index (Phi) is 19.3. The summed E-state index contributed by atoms with van der Waals surface area (Å²) in [5.74, 6) is 0.901. The maximum Gasteiger partial charge on any atom is 0.261 e. The van der Waals surface area contributed by atoms with Crippen LogP contribution in [0.4, 0.5) is 0 Å². The molecule has 2 amide bonds. The van der Waals surface area contributed by atoms with Gasteiger partial charge < -0.3 is 9.80 Å². The fourth-order valence-corrected chi connectivity index (χ4v) is 14.0. The van der Waals surface area contributed by atoms with E-state index in [1.54, 1.807) is 11.3 Å². The Bertz CT molecular complexity index is 2030. The van der Waals surface area contributed by atoms with Crippen molar-refractivity contribution in [2.24, 2.45) is 11.8 Å². The van der Waals surface area contributed by atoms with Crippen molar-refractivity contribution in [1.29, 1.82) is 0 Å². The summed E-state index contributed by atoms with van der Waals surface area (Å²) in [5, 5.41) is 0. The predicted octanol–water partition coefficient (Wildman–Crippen LogP) is 17.7. The van der Waals surface area contributed by atoms with Crippen LogP contribution in [-0.2, 0) is 9.59 Å². The number of fused-ring (bicyclic) bond motifs is 2. The quantitative estimate of drug-likeness (QED) is 0.0489. The van der Waals surface area contributed by atoms with Crippen molar-refractivity contribution in [3.63, 3.8) is 0 Å². The first kappa shape index (κ1) is 47.9. The molecule has 0 aromatic carbocycles. The smallest absolute Gasteiger partial charge is 0.261 e. The molecule has 2 atom stereocenters. The van der Waals surface area contributed by atoms with Gasteiger partial charge in [-0.1, -0.05) is 156 Å². The fourth-order valence-electron chi connectivity index (χ4n) is 9.50. The van der Waals surface area contributed by atoms with Crippen LogP contribution in [0.2, 0.25) is 0 Å². The summed E-state index contributed by atoms with van der Waals surface area (Å²) >= 11 is 7.34. The van der Waals surface area contributed by atoms with Gasteiger partial charge in [-0.15, -0.1) is 45.3 Å². The van der Waals surface area contributed by atoms with E-state index in [0.29, 0.717) is 29.5 Å². The fraction of sp³-hybridized carbons (Fsp3) is 0.623. The highest BCUT2D eigenvalue weighted by atomic mass is 32.1. The Balaban J connectivity index is 1.22. The highest BCUT2D eigenvalue weighted by molar-refractivity contribution is 7.33. The molecule has 61 heavy (non-hydrogen) atoms. The van der Waals surface area contributed by atoms with Gasteiger partial charge in [-0.05, 0) is 81.3 Å². The van der Waals surface area contributed by atoms with E-state index in [4.69, 9.17) is 0 Å². The molecule has 0 fully saturated rings. The molecule has 4 aromatic heterocycles. The Morgan fingerprint density at radius 2 is 0.934 bits per heavy atom. The van der Waals surface area contributed by atoms with Crippen molar-refractivity contribution in [3.05, 3.63) is 63.0 Å². The normalized spacial score (nSPS) is 15.4. The zero-order chi connectivity index (χ0) is 43.1. The summed E-state index contributed by atoms with van der Waals surface area (Å²) in [7, 11) is 0. The van der Waals surface area contributed by atoms with Crippen LogP contribution >= 0.6 is 45.3 Å². The number of nitrogens with zero attached hydrogens (tertiary/aromatic N) is 2. The van der Waals surface area contributed by atoms with Gasteiger partial charge in [0.25, 0.3) is 11.8 Å². The van der Waals surface area contributed by atoms with E-state index in [1.807, 2.05) is 43.8 Å². The minimum absolute atomic E-state index is 0.0339. The van der Waals surface area contributed by atoms with Crippen LogP contribution in [0.25, 0.3) is 34.6 Å². The van der Waals surface area contributed by atoms with Gasteiger partial charge in [0.1, 0.15) is 0 Å². The number of aryl methyl sites for hydroxylation is 1. The molecule has 0 saturated heterocycles. The van der Waals surface area contributed by atoms with E-state index < -0.39 is 0 Å². The van der Waals surface area contributed by atoms with Gasteiger partial charge >= 0.3 is 0 Å². The number of hydrogen-bond acceptors (Lipinski definition) is 6. The Morgan fingerprint density at radius 3 is 1.46 bits per heavy atom. The van der Waals surface area contributed by atoms with Crippen LogP contribution in [0.3, 0.4) is 0 Å². The molecular formula is C53H76N2O2S4. The lowest BCUT2D eigenvalue weighted by Crippen LogP contribution is -2.34. The second kappa shape index (κ2) is 24.5. The molecule has 0 bridgehead atoms. The second-order valence-electron chi connectivity index (χ2n) is 18.4. The number of hydrogen-bond donors (Lipinski definition) is 0. The zero-order valence-electron chi connectivity index (χ0n) is 38.6. The van der Waals surface area contributed by atoms with E-state index in [9.17, 15) is 9.59 Å². The molecule has 0 spiro atoms. The minimum atomic E-state index is 0.0339. The van der Waals surface area contributed by atoms with Crippen LogP contribution in [-0.4, -0.2) is 34.7 Å². The first-order chi connectivity index (χ1) is 29.7. The summed E-state index contributed by atoms with van der Waals surface area (Å²) < 4.78 is 2.65. The van der Waals surface area contributed by atoms with Gasteiger partial charge in [0, 0.05) is 52.6 Å². The van der Waals surface area contributed by atoms with Gasteiger partial charge in [-0.25, -0.2) is 0 Å². The zero-order valence-corrected chi connectivity index (χ0v) is 41.9. The lowest BCUT2D eigenvalue weighted by molar-refractivity contribution is -0.124. The third kappa shape index (κ3) is 12.8. The first-order valence-electron chi connectivity index (χ1n) is 24.5. The topological polar surface area (TPSA) is 40.6 Å². The molecule has 334 valence electrons. The van der Waals surface area contributed by atoms with Crippen molar-refractivity contribution < 1.29 is 9.59 Å². The summed E-state index contributed by atoms with van der Waals surface area (Å²) in [4.78, 5) is 41.2. The molecule has 0 saturated carbocycles. The van der Waals surface area contributed by atoms with Crippen LogP contribution in [0.5, 0.6) is 0 Å². The number of carbonyl (C=O) groups excluding carboxylic acids is 2. The average molecular weight is 901 g/mol. The Morgan fingerprint density at radius 1 is 0.475 bits per heavy atom. The molecule has 0 N–H and O–H groups in total. The maximum atomic E-state index is 14.9. The van der Waals surface area contributed by atoms with Gasteiger partial charge in [0.15, 0.2) is 0 Å². The number of unbranched alkanes of at least 4 members (excludes halogenated alkanes) is 17. The molecular weight excluding hydrogens is 825 g/mol. The summed E-state index contributed by atoms with van der Waals surface area (Å²) in [6, 6.07) is 13.5. The van der Waals surface area contributed by atoms with Crippen molar-refractivity contribution in [2.45, 2.75) is 189 Å². The monoisotopic (exact) mass is 900 g/mol. The van der Waals surface area contributed by atoms with Crippen molar-refractivity contribution in [3.8, 4) is 19.5 Å². The van der Waals surface area contributed by atoms with E-state index in [1.165, 1.54) is 169 Å². The first-order valence-corrected chi connectivity index (χ1v) is 27.8. The van der Waals surface area contributed by atoms with Crippen LogP contribution in [0.15, 0.2) is 53.2 Å². The van der Waals surface area contributed by atoms with Crippen LogP contribution in [0, 0.1) is 18.8 Å². The molecule has 2 aliphatic heterocycles. The lowest BCUT2D eigenvalue weighted by atomic mass is 9.93. The summed E-state index contributed by atoms with van der Waals surface area (Å²) in [6.45, 7) is 14.8. The lowest BCUT2D eigenvalue weighted by Gasteiger charge is -2.28. The van der Waals surface area contributed by atoms with E-state index in [-0.39, 0.29) is 11.8 Å². The largest absolute Gasteiger partial charge is 0.311 e. The van der Waals surface area contributed by atoms with E-state index in [2.05, 4.69) is 77.9 Å². The predicted molar refractivity (Wildman–Crippen MR) is 270 cm³/mol. The molecule has 4 nitrogen and oxygen atoms in total. The van der Waals surface area contributed by atoms with Crippen molar-refractivity contribution in [1.82, 2.24) is 9.80 Å². The molecule has 2 aliphatic rings. The molecule has 0 radical (unpaired) electrons. The molecule has 6 rings (SSSR count). The minimum Gasteiger partial charge on any atom is -0.311 e. The molecule has 6 heterocycles. The summed E-state index contributed by atoms with van der Waals surface area (Å²) in [6.07, 6.45) is 29.4. The number of rotatable bonds is 30. The SMILES string of the molecule is CCCCCCCCCCC(CCCCCCCC)CN1C(=O)C2=C(c3ccc(-c4cc5sc(-c6ccc(C)s6)cc5s4)s3)N(CC(C)CCCCCCCC)C(=O)C2=C1C. The molecule has 4 aromatic rings. The van der Waals surface area contributed by atoms with Crippen molar-refractivity contribution >= 4 is 72.3 Å². The third-order valence-corrected chi connectivity index (χ3v) is 17.9. The third-order valence-electron chi connectivity index (χ3n) is 13.1. The Hall–Kier alpha value is -2.52. The standard InChI is InChI=1S/C53H76N2O2S4/c1-7-10-13-16-19-20-23-26-29-41(28-25-22-18-15-12-9-3)37-54-40(6)49-50(53(54)57)51(55(52(49)56)36-38(4)27-24-21-17-14-11-8-2)44-33-32-43(59-44)46-35-48-47(61-46)34-45(60-48)42-31-30-39(5)58-42/h30-35,38,41H,7-29,36-37H2,1-6H3. The van der Waals surface area contributed by atoms with Gasteiger partial charge in [-0.3, -0.25) is 9.59 Å². The van der Waals surface area contributed by atoms with Gasteiger partial charge in [0.05, 0.1) is 21.7 Å². The number of amides is 2. The highest BCUT2D eigenvalue weighted by Crippen LogP contribution is 2.49. The molecule has 0 aliphatic carbocycles. The van der Waals surface area contributed by atoms with E-state index >= 15 is 0 Å². The maximum absolute atomic E-state index is 14.9. The van der Waals surface area contributed by atoms with Crippen LogP contribution in [0.1, 0.15) is 192 Å². The molecule has 2 unspecified atom stereocenters. The second-order valence-corrected chi connectivity index (χ2v) is 22.9. The van der Waals surface area contributed by atoms with Gasteiger partial charge in [-0.2, -0.15) is 0 Å². The molecule has 8 heteroatoms. The summed E-state index contributed by atoms with van der Waals surface area (Å²) in [5.41, 5.74) is 3.07. The van der Waals surface area contributed by atoms with E-state index in [0.717, 1.165) is 35.7 Å². The van der Waals surface area contributed by atoms with Crippen LogP contribution < -0.4 is 0 Å². The number of thiophene rings is 4. The van der Waals surface area contributed by atoms with Crippen molar-refractivity contribution in [2.75, 3.05) is 13.1 Å². The Labute approximate surface area is 385 Å². The van der Waals surface area contributed by atoms with Gasteiger partial charge in [0.2, 0.25) is 0 Å². The average Bonchev–Trinajstić information content (AvgIpc) is 4.11. The number of carbonyl (C=O) groups is 2.